The Bertz CT molecular complexity index is 832. The van der Waals surface area contributed by atoms with Crippen molar-refractivity contribution in [3.8, 4) is 23.0 Å². The molecule has 0 radical (unpaired) electrons. The van der Waals surface area contributed by atoms with Crippen LogP contribution in [0.15, 0.2) is 24.3 Å². The predicted molar refractivity (Wildman–Crippen MR) is 93.2 cm³/mol. The Balaban J connectivity index is 2.67. The molecule has 0 aliphatic heterocycles. The van der Waals surface area contributed by atoms with Crippen LogP contribution in [-0.4, -0.2) is 40.8 Å². The quantitative estimate of drug-likeness (QED) is 0.536. The highest BCUT2D eigenvalue weighted by molar-refractivity contribution is 6.18. The molecule has 0 aliphatic carbocycles. The minimum atomic E-state index is -0.833. The van der Waals surface area contributed by atoms with Crippen molar-refractivity contribution in [1.82, 2.24) is 0 Å². The molecule has 0 saturated carbocycles. The number of benzene rings is 2. The van der Waals surface area contributed by atoms with E-state index in [1.807, 2.05) is 6.92 Å². The van der Waals surface area contributed by atoms with Crippen LogP contribution in [0, 0.1) is 6.92 Å². The van der Waals surface area contributed by atoms with Crippen LogP contribution in [0.3, 0.4) is 0 Å². The van der Waals surface area contributed by atoms with Crippen molar-refractivity contribution in [2.45, 2.75) is 20.3 Å². The van der Waals surface area contributed by atoms with Crippen LogP contribution >= 0.6 is 0 Å². The zero-order valence-corrected chi connectivity index (χ0v) is 14.7. The molecule has 0 atom stereocenters. The lowest BCUT2D eigenvalue weighted by atomic mass is 9.95. The number of aryl methyl sites for hydroxylation is 1. The van der Waals surface area contributed by atoms with E-state index in [4.69, 9.17) is 9.47 Å². The molecule has 0 bridgehead atoms. The van der Waals surface area contributed by atoms with Gasteiger partial charge in [-0.1, -0.05) is 6.92 Å². The summed E-state index contributed by atoms with van der Waals surface area (Å²) >= 11 is 0. The molecular weight excluding hydrogens is 340 g/mol. The van der Waals surface area contributed by atoms with Crippen molar-refractivity contribution in [2.75, 3.05) is 13.7 Å². The molecule has 0 spiro atoms. The van der Waals surface area contributed by atoms with Crippen LogP contribution in [0.5, 0.6) is 23.0 Å². The molecule has 138 valence electrons. The second-order valence-electron chi connectivity index (χ2n) is 5.71. The number of ketones is 1. The standard InChI is InChI=1S/C19H20O7/c1-4-5-26-19(24)12-8-11(20)9-15(25-3)16(12)18(23)17-13(21)6-10(2)7-14(17)22/h6-9,20-22H,4-5H2,1-3H3. The number of phenolic OH excluding ortho intramolecular Hbond substituents is 3. The van der Waals surface area contributed by atoms with E-state index in [0.717, 1.165) is 12.1 Å². The highest BCUT2D eigenvalue weighted by atomic mass is 16.5. The fourth-order valence-electron chi connectivity index (χ4n) is 2.54. The zero-order valence-electron chi connectivity index (χ0n) is 14.7. The number of carbonyl (C=O) groups is 2. The molecule has 0 amide bonds. The lowest BCUT2D eigenvalue weighted by Crippen LogP contribution is -2.15. The number of methoxy groups -OCH3 is 1. The highest BCUT2D eigenvalue weighted by Crippen LogP contribution is 2.36. The van der Waals surface area contributed by atoms with Gasteiger partial charge in [0.05, 0.1) is 24.8 Å². The van der Waals surface area contributed by atoms with E-state index in [1.165, 1.54) is 19.2 Å². The van der Waals surface area contributed by atoms with Gasteiger partial charge in [0.25, 0.3) is 0 Å². The van der Waals surface area contributed by atoms with Crippen molar-refractivity contribution in [3.05, 3.63) is 46.5 Å². The fraction of sp³-hybridized carbons (Fsp3) is 0.263. The number of hydrogen-bond acceptors (Lipinski definition) is 7. The van der Waals surface area contributed by atoms with Gasteiger partial charge < -0.3 is 24.8 Å². The SMILES string of the molecule is CCCOC(=O)c1cc(O)cc(OC)c1C(=O)c1c(O)cc(C)cc1O. The lowest BCUT2D eigenvalue weighted by Gasteiger charge is -2.15. The summed E-state index contributed by atoms with van der Waals surface area (Å²) in [6.45, 7) is 3.58. The van der Waals surface area contributed by atoms with Gasteiger partial charge in [-0.2, -0.15) is 0 Å². The number of esters is 1. The summed E-state index contributed by atoms with van der Waals surface area (Å²) in [4.78, 5) is 25.3. The van der Waals surface area contributed by atoms with Gasteiger partial charge in [0, 0.05) is 6.07 Å². The van der Waals surface area contributed by atoms with Gasteiger partial charge in [-0.25, -0.2) is 4.79 Å². The molecule has 0 fully saturated rings. The van der Waals surface area contributed by atoms with Crippen molar-refractivity contribution in [1.29, 1.82) is 0 Å². The van der Waals surface area contributed by atoms with E-state index < -0.39 is 23.3 Å². The van der Waals surface area contributed by atoms with E-state index in [9.17, 15) is 24.9 Å². The van der Waals surface area contributed by atoms with Crippen LogP contribution in [0.2, 0.25) is 0 Å². The summed E-state index contributed by atoms with van der Waals surface area (Å²) in [6.07, 6.45) is 0.574. The number of hydrogen-bond donors (Lipinski definition) is 3. The molecule has 2 aromatic rings. The second-order valence-corrected chi connectivity index (χ2v) is 5.71. The van der Waals surface area contributed by atoms with E-state index in [0.29, 0.717) is 12.0 Å². The van der Waals surface area contributed by atoms with E-state index in [-0.39, 0.29) is 34.8 Å². The van der Waals surface area contributed by atoms with Gasteiger partial charge in [-0.05, 0) is 37.1 Å². The molecule has 0 heterocycles. The molecule has 0 unspecified atom stereocenters. The Morgan fingerprint density at radius 3 is 2.15 bits per heavy atom. The normalized spacial score (nSPS) is 10.4. The van der Waals surface area contributed by atoms with Crippen LogP contribution in [0.4, 0.5) is 0 Å². The van der Waals surface area contributed by atoms with Crippen molar-refractivity contribution in [3.63, 3.8) is 0 Å². The summed E-state index contributed by atoms with van der Waals surface area (Å²) in [6, 6.07) is 4.87. The maximum absolute atomic E-state index is 13.0. The van der Waals surface area contributed by atoms with E-state index in [1.54, 1.807) is 6.92 Å². The third-order valence-corrected chi connectivity index (χ3v) is 3.66. The van der Waals surface area contributed by atoms with Gasteiger partial charge in [0.2, 0.25) is 5.78 Å². The minimum Gasteiger partial charge on any atom is -0.508 e. The molecule has 7 heteroatoms. The first-order valence-electron chi connectivity index (χ1n) is 7.95. The fourth-order valence-corrected chi connectivity index (χ4v) is 2.54. The first kappa shape index (κ1) is 19.1. The number of aromatic hydroxyl groups is 3. The van der Waals surface area contributed by atoms with Gasteiger partial charge >= 0.3 is 5.97 Å². The zero-order chi connectivity index (χ0) is 19.4. The summed E-state index contributed by atoms with van der Waals surface area (Å²) < 4.78 is 10.2. The molecule has 7 nitrogen and oxygen atoms in total. The van der Waals surface area contributed by atoms with Crippen molar-refractivity contribution in [2.24, 2.45) is 0 Å². The van der Waals surface area contributed by atoms with Crippen molar-refractivity contribution < 1.29 is 34.4 Å². The smallest absolute Gasteiger partial charge is 0.339 e. The molecular formula is C19H20O7. The molecule has 0 aliphatic rings. The van der Waals surface area contributed by atoms with Gasteiger partial charge in [0.1, 0.15) is 28.6 Å². The molecule has 0 aromatic heterocycles. The van der Waals surface area contributed by atoms with Crippen LogP contribution in [0.25, 0.3) is 0 Å². The Hall–Kier alpha value is -3.22. The number of carbonyl (C=O) groups excluding carboxylic acids is 2. The molecule has 2 rings (SSSR count). The Kier molecular flexibility index (Phi) is 5.71. The van der Waals surface area contributed by atoms with Crippen LogP contribution in [0.1, 0.15) is 45.2 Å². The van der Waals surface area contributed by atoms with Crippen molar-refractivity contribution >= 4 is 11.8 Å². The lowest BCUT2D eigenvalue weighted by molar-refractivity contribution is 0.0501. The third kappa shape index (κ3) is 3.72. The third-order valence-electron chi connectivity index (χ3n) is 3.66. The maximum Gasteiger partial charge on any atom is 0.339 e. The Morgan fingerprint density at radius 1 is 1.00 bits per heavy atom. The molecule has 26 heavy (non-hydrogen) atoms. The van der Waals surface area contributed by atoms with Gasteiger partial charge in [0.15, 0.2) is 0 Å². The van der Waals surface area contributed by atoms with Gasteiger partial charge in [-0.3, -0.25) is 4.79 Å². The Morgan fingerprint density at radius 2 is 1.62 bits per heavy atom. The van der Waals surface area contributed by atoms with Crippen LogP contribution < -0.4 is 4.74 Å². The van der Waals surface area contributed by atoms with E-state index in [2.05, 4.69) is 0 Å². The minimum absolute atomic E-state index is 0.0853. The summed E-state index contributed by atoms with van der Waals surface area (Å²) in [5.74, 6) is -2.90. The largest absolute Gasteiger partial charge is 0.508 e. The summed E-state index contributed by atoms with van der Waals surface area (Å²) in [7, 11) is 1.27. The van der Waals surface area contributed by atoms with Crippen LogP contribution in [-0.2, 0) is 4.74 Å². The number of phenols is 3. The Labute approximate surface area is 150 Å². The first-order chi connectivity index (χ1) is 12.3. The first-order valence-corrected chi connectivity index (χ1v) is 7.95. The highest BCUT2D eigenvalue weighted by Gasteiger charge is 2.28. The van der Waals surface area contributed by atoms with E-state index >= 15 is 0 Å². The molecule has 3 N–H and O–H groups in total. The predicted octanol–water partition coefficient (Wildman–Crippen LogP) is 2.92. The maximum atomic E-state index is 13.0. The second kappa shape index (κ2) is 7.77. The van der Waals surface area contributed by atoms with Gasteiger partial charge in [-0.15, -0.1) is 0 Å². The monoisotopic (exact) mass is 360 g/mol. The molecule has 0 saturated heterocycles. The average molecular weight is 360 g/mol. The summed E-state index contributed by atoms with van der Waals surface area (Å²) in [5, 5.41) is 30.0. The topological polar surface area (TPSA) is 113 Å². The summed E-state index contributed by atoms with van der Waals surface area (Å²) in [5.41, 5.74) is -0.263. The number of ether oxygens (including phenoxy) is 2. The molecule has 2 aromatic carbocycles. The number of rotatable bonds is 6. The average Bonchev–Trinajstić information content (AvgIpc) is 2.57.